The Labute approximate surface area is 200 Å². The summed E-state index contributed by atoms with van der Waals surface area (Å²) in [7, 11) is 1.34. The third-order valence-corrected chi connectivity index (χ3v) is 4.58. The molecule has 0 aliphatic rings. The molecule has 2 rings (SSSR count). The molecule has 2 aromatic rings. The minimum atomic E-state index is -0.767. The van der Waals surface area contributed by atoms with Gasteiger partial charge in [0.25, 0.3) is 11.6 Å². The van der Waals surface area contributed by atoms with Gasteiger partial charge in [-0.05, 0) is 24.3 Å². The molecule has 0 fully saturated rings. The van der Waals surface area contributed by atoms with Gasteiger partial charge in [0.2, 0.25) is 0 Å². The normalized spacial score (nSPS) is 10.6. The lowest BCUT2D eigenvalue weighted by molar-refractivity contribution is -0.384. The maximum Gasteiger partial charge on any atom is 0.302 e. The van der Waals surface area contributed by atoms with Crippen LogP contribution in [-0.4, -0.2) is 56.2 Å². The third kappa shape index (κ3) is 8.07. The number of carbonyl (C=O) groups is 3. The Hall–Kier alpha value is -4.55. The van der Waals surface area contributed by atoms with E-state index in [1.807, 2.05) is 0 Å². The van der Waals surface area contributed by atoms with Gasteiger partial charge in [0, 0.05) is 25.6 Å². The Morgan fingerprint density at radius 2 is 1.54 bits per heavy atom. The molecule has 2 aromatic carbocycles. The number of hydrogen-bond acceptors (Lipinski definition) is 11. The lowest BCUT2D eigenvalue weighted by Gasteiger charge is -2.25. The fraction of sp³-hybridized carbons (Fsp3) is 0.318. The Morgan fingerprint density at radius 1 is 0.971 bits per heavy atom. The van der Waals surface area contributed by atoms with Gasteiger partial charge in [-0.25, -0.2) is 0 Å². The summed E-state index contributed by atoms with van der Waals surface area (Å²) >= 11 is 0. The second kappa shape index (κ2) is 12.6. The van der Waals surface area contributed by atoms with Crippen LogP contribution in [0.15, 0.2) is 46.6 Å². The molecule has 0 spiro atoms. The molecule has 0 bridgehead atoms. The van der Waals surface area contributed by atoms with Gasteiger partial charge in [-0.3, -0.25) is 24.5 Å². The summed E-state index contributed by atoms with van der Waals surface area (Å²) in [6.45, 7) is 3.24. The first kappa shape index (κ1) is 26.7. The van der Waals surface area contributed by atoms with Crippen molar-refractivity contribution in [2.24, 2.45) is 16.0 Å². The zero-order valence-corrected chi connectivity index (χ0v) is 19.4. The van der Waals surface area contributed by atoms with Crippen LogP contribution in [0.2, 0.25) is 0 Å². The largest absolute Gasteiger partial charge is 0.494 e. The highest BCUT2D eigenvalue weighted by Gasteiger charge is 2.15. The molecule has 0 saturated carbocycles. The number of anilines is 1. The lowest BCUT2D eigenvalue weighted by Crippen LogP contribution is -2.32. The Kier molecular flexibility index (Phi) is 9.63. The molecule has 0 radical (unpaired) electrons. The molecule has 0 atom stereocenters. The predicted molar refractivity (Wildman–Crippen MR) is 124 cm³/mol. The molecule has 0 heterocycles. The zero-order valence-electron chi connectivity index (χ0n) is 19.4. The van der Waals surface area contributed by atoms with E-state index in [1.165, 1.54) is 51.3 Å². The summed E-state index contributed by atoms with van der Waals surface area (Å²) in [6.07, 6.45) is 0. The summed E-state index contributed by atoms with van der Waals surface area (Å²) in [4.78, 5) is 46.5. The fourth-order valence-corrected chi connectivity index (χ4v) is 2.94. The van der Waals surface area contributed by atoms with Crippen LogP contribution >= 0.6 is 0 Å². The average Bonchev–Trinajstić information content (AvgIpc) is 2.81. The van der Waals surface area contributed by atoms with Gasteiger partial charge in [0.05, 0.1) is 42.4 Å². The van der Waals surface area contributed by atoms with Crippen LogP contribution in [0.1, 0.15) is 24.2 Å². The van der Waals surface area contributed by atoms with Crippen LogP contribution in [0.5, 0.6) is 5.75 Å². The number of nitro groups is 1. The topological polar surface area (TPSA) is 176 Å². The molecule has 0 aliphatic heterocycles. The molecule has 186 valence electrons. The number of amides is 1. The zero-order chi connectivity index (χ0) is 26.0. The van der Waals surface area contributed by atoms with Crippen molar-refractivity contribution >= 4 is 40.6 Å². The number of nitrogens with two attached hydrogens (primary N) is 1. The van der Waals surface area contributed by atoms with Crippen LogP contribution in [0.25, 0.3) is 0 Å². The highest BCUT2D eigenvalue weighted by Crippen LogP contribution is 2.34. The predicted octanol–water partition coefficient (Wildman–Crippen LogP) is 3.05. The second-order valence-electron chi connectivity index (χ2n) is 7.05. The molecular formula is C22H25N5O8. The van der Waals surface area contributed by atoms with Crippen LogP contribution < -0.4 is 15.4 Å². The van der Waals surface area contributed by atoms with Crippen molar-refractivity contribution in [2.45, 2.75) is 13.8 Å². The average molecular weight is 487 g/mol. The van der Waals surface area contributed by atoms with Gasteiger partial charge in [0.1, 0.15) is 18.9 Å². The van der Waals surface area contributed by atoms with Gasteiger partial charge >= 0.3 is 11.9 Å². The van der Waals surface area contributed by atoms with E-state index in [9.17, 15) is 24.5 Å². The van der Waals surface area contributed by atoms with Crippen molar-refractivity contribution < 1.29 is 33.5 Å². The first-order chi connectivity index (χ1) is 16.6. The van der Waals surface area contributed by atoms with Crippen molar-refractivity contribution in [3.8, 4) is 5.75 Å². The number of benzene rings is 2. The van der Waals surface area contributed by atoms with E-state index < -0.39 is 22.8 Å². The number of non-ortho nitro benzene ring substituents is 1. The molecule has 13 heteroatoms. The second-order valence-corrected chi connectivity index (χ2v) is 7.05. The highest BCUT2D eigenvalue weighted by molar-refractivity contribution is 5.98. The highest BCUT2D eigenvalue weighted by atomic mass is 16.6. The van der Waals surface area contributed by atoms with E-state index in [0.29, 0.717) is 5.69 Å². The lowest BCUT2D eigenvalue weighted by atomic mass is 10.1. The molecule has 0 saturated heterocycles. The first-order valence-corrected chi connectivity index (χ1v) is 10.3. The third-order valence-electron chi connectivity index (χ3n) is 4.58. The number of nitro benzene ring substituents is 1. The number of ether oxygens (including phenoxy) is 3. The van der Waals surface area contributed by atoms with E-state index in [4.69, 9.17) is 19.9 Å². The molecule has 2 N–H and O–H groups in total. The number of primary amides is 1. The number of rotatable bonds is 12. The van der Waals surface area contributed by atoms with Crippen molar-refractivity contribution in [3.63, 3.8) is 0 Å². The Morgan fingerprint density at radius 3 is 2.06 bits per heavy atom. The van der Waals surface area contributed by atoms with Crippen molar-refractivity contribution in [2.75, 3.05) is 38.3 Å². The molecule has 0 aliphatic carbocycles. The van der Waals surface area contributed by atoms with E-state index in [-0.39, 0.29) is 54.7 Å². The minimum absolute atomic E-state index is 0.0529. The summed E-state index contributed by atoms with van der Waals surface area (Å²) in [6, 6.07) is 8.47. The van der Waals surface area contributed by atoms with Crippen molar-refractivity contribution in [1.29, 1.82) is 0 Å². The smallest absolute Gasteiger partial charge is 0.302 e. The summed E-state index contributed by atoms with van der Waals surface area (Å²) in [5, 5.41) is 19.1. The standard InChI is InChI=1S/C22H25N5O8/c1-14(28)34-10-8-26(9-11-35-15(2)29)16-4-6-19(18(12-16)22(23)30)24-25-20-7-5-17(27(31)32)13-21(20)33-3/h4-7,12-13H,8-11H2,1-3H3,(H2,23,30). The summed E-state index contributed by atoms with van der Waals surface area (Å²) in [5.74, 6) is -1.53. The number of methoxy groups -OCH3 is 1. The summed E-state index contributed by atoms with van der Waals surface area (Å²) in [5.41, 5.74) is 6.33. The van der Waals surface area contributed by atoms with E-state index >= 15 is 0 Å². The molecule has 0 aromatic heterocycles. The first-order valence-electron chi connectivity index (χ1n) is 10.3. The monoisotopic (exact) mass is 487 g/mol. The van der Waals surface area contributed by atoms with Crippen molar-refractivity contribution in [1.82, 2.24) is 0 Å². The maximum atomic E-state index is 12.1. The maximum absolute atomic E-state index is 12.1. The number of nitrogens with zero attached hydrogens (tertiary/aromatic N) is 4. The van der Waals surface area contributed by atoms with Gasteiger partial charge in [-0.2, -0.15) is 0 Å². The Balaban J connectivity index is 2.34. The fourth-order valence-electron chi connectivity index (χ4n) is 2.94. The molecule has 1 amide bonds. The number of carbonyl (C=O) groups excluding carboxylic acids is 3. The van der Waals surface area contributed by atoms with Gasteiger partial charge in [-0.1, -0.05) is 0 Å². The number of esters is 2. The van der Waals surface area contributed by atoms with Crippen LogP contribution in [0.3, 0.4) is 0 Å². The van der Waals surface area contributed by atoms with Gasteiger partial charge < -0.3 is 24.8 Å². The molecule has 13 nitrogen and oxygen atoms in total. The van der Waals surface area contributed by atoms with E-state index in [1.54, 1.807) is 11.0 Å². The van der Waals surface area contributed by atoms with E-state index in [0.717, 1.165) is 0 Å². The quantitative estimate of drug-likeness (QED) is 0.204. The Bertz CT molecular complexity index is 1110. The summed E-state index contributed by atoms with van der Waals surface area (Å²) < 4.78 is 15.1. The van der Waals surface area contributed by atoms with E-state index in [2.05, 4.69) is 10.2 Å². The van der Waals surface area contributed by atoms with Gasteiger partial charge in [-0.15, -0.1) is 10.2 Å². The van der Waals surface area contributed by atoms with Crippen LogP contribution in [0, 0.1) is 10.1 Å². The molecule has 35 heavy (non-hydrogen) atoms. The molecular weight excluding hydrogens is 462 g/mol. The van der Waals surface area contributed by atoms with Crippen molar-refractivity contribution in [3.05, 3.63) is 52.1 Å². The minimum Gasteiger partial charge on any atom is -0.494 e. The van der Waals surface area contributed by atoms with Gasteiger partial charge in [0.15, 0.2) is 5.75 Å². The number of hydrogen-bond donors (Lipinski definition) is 1. The number of azo groups is 1. The molecule has 0 unspecified atom stereocenters. The van der Waals surface area contributed by atoms with Crippen LogP contribution in [0.4, 0.5) is 22.7 Å². The van der Waals surface area contributed by atoms with Crippen LogP contribution in [-0.2, 0) is 19.1 Å². The SMILES string of the molecule is COc1cc([N+](=O)[O-])ccc1N=Nc1ccc(N(CCOC(C)=O)CCOC(C)=O)cc1C(N)=O.